The summed E-state index contributed by atoms with van der Waals surface area (Å²) in [6.07, 6.45) is 8.58. The highest BCUT2D eigenvalue weighted by molar-refractivity contribution is 6.20. The summed E-state index contributed by atoms with van der Waals surface area (Å²) in [6, 6.07) is 16.0. The van der Waals surface area contributed by atoms with Gasteiger partial charge in [-0.05, 0) is 36.1 Å². The normalized spacial score (nSPS) is 33.8. The number of imide groups is 1. The molecule has 1 heterocycles. The van der Waals surface area contributed by atoms with Gasteiger partial charge in [-0.3, -0.25) is 14.5 Å². The third-order valence-electron chi connectivity index (χ3n) is 7.38. The van der Waals surface area contributed by atoms with Crippen molar-refractivity contribution in [3.05, 3.63) is 82.9 Å². The Labute approximate surface area is 164 Å². The van der Waals surface area contributed by atoms with Crippen LogP contribution in [0.4, 0.5) is 0 Å². The van der Waals surface area contributed by atoms with E-state index in [0.29, 0.717) is 0 Å². The summed E-state index contributed by atoms with van der Waals surface area (Å²) in [5.41, 5.74) is 2.43. The zero-order valence-electron chi connectivity index (χ0n) is 15.9. The number of fused-ring (bicyclic) bond motifs is 3. The second-order valence-electron chi connectivity index (χ2n) is 8.63. The van der Waals surface area contributed by atoms with Gasteiger partial charge in [0.1, 0.15) is 10.8 Å². The van der Waals surface area contributed by atoms with Gasteiger partial charge in [-0.25, -0.2) is 0 Å². The van der Waals surface area contributed by atoms with Gasteiger partial charge in [-0.1, -0.05) is 72.8 Å². The minimum absolute atomic E-state index is 0.00667. The summed E-state index contributed by atoms with van der Waals surface area (Å²) < 4.78 is 0. The van der Waals surface area contributed by atoms with Crippen LogP contribution in [-0.2, 0) is 20.4 Å². The lowest BCUT2D eigenvalue weighted by Crippen LogP contribution is -2.73. The Morgan fingerprint density at radius 1 is 0.750 bits per heavy atom. The molecule has 2 aromatic carbocycles. The number of amides is 2. The smallest absolute Gasteiger partial charge is 0.242 e. The minimum atomic E-state index is -0.842. The predicted octanol–water partition coefficient (Wildman–Crippen LogP) is 3.94. The van der Waals surface area contributed by atoms with Gasteiger partial charge in [-0.15, -0.1) is 0 Å². The molecule has 3 heteroatoms. The summed E-state index contributed by atoms with van der Waals surface area (Å²) in [5, 5.41) is 0. The monoisotopic (exact) mass is 367 g/mol. The number of hydrogen-bond donors (Lipinski definition) is 0. The molecule has 4 atom stereocenters. The van der Waals surface area contributed by atoms with Crippen LogP contribution in [0.5, 0.6) is 0 Å². The van der Waals surface area contributed by atoms with Crippen molar-refractivity contribution in [2.45, 2.75) is 30.7 Å². The average molecular weight is 367 g/mol. The molecule has 4 aliphatic rings. The summed E-state index contributed by atoms with van der Waals surface area (Å²) in [4.78, 5) is 29.6. The van der Waals surface area contributed by atoms with Gasteiger partial charge >= 0.3 is 0 Å². The van der Waals surface area contributed by atoms with Crippen molar-refractivity contribution in [1.29, 1.82) is 0 Å². The van der Waals surface area contributed by atoms with E-state index in [1.54, 1.807) is 4.90 Å². The maximum Gasteiger partial charge on any atom is 0.242 e. The van der Waals surface area contributed by atoms with E-state index in [1.807, 2.05) is 38.1 Å². The minimum Gasteiger partial charge on any atom is -0.278 e. The fourth-order valence-electron chi connectivity index (χ4n) is 6.49. The van der Waals surface area contributed by atoms with Crippen molar-refractivity contribution < 1.29 is 9.59 Å². The summed E-state index contributed by atoms with van der Waals surface area (Å²) in [5.74, 6) is -0.0503. The zero-order valence-corrected chi connectivity index (χ0v) is 15.9. The zero-order chi connectivity index (χ0) is 19.3. The highest BCUT2D eigenvalue weighted by Crippen LogP contribution is 2.74. The van der Waals surface area contributed by atoms with E-state index < -0.39 is 10.8 Å². The highest BCUT2D eigenvalue weighted by Gasteiger charge is 2.85. The Kier molecular flexibility index (Phi) is 2.81. The molecule has 3 nitrogen and oxygen atoms in total. The molecule has 0 radical (unpaired) electrons. The Bertz CT molecular complexity index is 1040. The van der Waals surface area contributed by atoms with E-state index in [0.717, 1.165) is 22.3 Å². The van der Waals surface area contributed by atoms with E-state index in [-0.39, 0.29) is 29.7 Å². The van der Waals surface area contributed by atoms with Crippen LogP contribution in [0.25, 0.3) is 12.2 Å². The van der Waals surface area contributed by atoms with Crippen LogP contribution in [-0.4, -0.2) is 22.8 Å². The molecule has 28 heavy (non-hydrogen) atoms. The molecule has 0 bridgehead atoms. The van der Waals surface area contributed by atoms with Crippen molar-refractivity contribution in [3.63, 3.8) is 0 Å². The van der Waals surface area contributed by atoms with E-state index in [9.17, 15) is 9.59 Å². The number of hydrogen-bond acceptors (Lipinski definition) is 2. The molecular formula is C25H21NO2. The van der Waals surface area contributed by atoms with Crippen molar-refractivity contribution in [2.75, 3.05) is 0 Å². The molecule has 1 saturated carbocycles. The maximum absolute atomic E-state index is 14.0. The molecular weight excluding hydrogens is 346 g/mol. The first kappa shape index (κ1) is 16.1. The Morgan fingerprint density at radius 3 is 1.61 bits per heavy atom. The predicted molar refractivity (Wildman–Crippen MR) is 108 cm³/mol. The van der Waals surface area contributed by atoms with E-state index >= 15 is 0 Å². The first-order valence-electron chi connectivity index (χ1n) is 9.99. The topological polar surface area (TPSA) is 37.4 Å². The summed E-state index contributed by atoms with van der Waals surface area (Å²) in [6.45, 7) is 3.87. The number of benzene rings is 2. The average Bonchev–Trinajstić information content (AvgIpc) is 2.83. The van der Waals surface area contributed by atoms with Crippen LogP contribution in [0.15, 0.2) is 60.7 Å². The summed E-state index contributed by atoms with van der Waals surface area (Å²) in [7, 11) is 0. The quantitative estimate of drug-likeness (QED) is 0.716. The number of likely N-dealkylation sites (tertiary alicyclic amines) is 1. The molecule has 4 unspecified atom stereocenters. The number of carbonyl (C=O) groups excluding carboxylic acids is 2. The van der Waals surface area contributed by atoms with Gasteiger partial charge < -0.3 is 0 Å². The standard InChI is InChI=1S/C25H21NO2/c1-15(2)26-22(27)24-18-9-5-3-7-16(18)11-13-20(24)21-14-12-17-8-4-6-10-19(17)25(21,24)23(26)28/h3-15,20-21H,1-2H3. The Balaban J connectivity index is 1.76. The van der Waals surface area contributed by atoms with Crippen LogP contribution >= 0.6 is 0 Å². The molecule has 2 spiro atoms. The second kappa shape index (κ2) is 4.91. The highest BCUT2D eigenvalue weighted by atomic mass is 16.2. The molecule has 0 aromatic heterocycles. The lowest BCUT2D eigenvalue weighted by Gasteiger charge is -2.64. The fourth-order valence-corrected chi connectivity index (χ4v) is 6.49. The first-order valence-corrected chi connectivity index (χ1v) is 9.99. The van der Waals surface area contributed by atoms with Crippen LogP contribution in [0, 0.1) is 11.8 Å². The van der Waals surface area contributed by atoms with E-state index in [4.69, 9.17) is 0 Å². The molecule has 2 fully saturated rings. The molecule has 3 aliphatic carbocycles. The summed E-state index contributed by atoms with van der Waals surface area (Å²) >= 11 is 0. The number of nitrogens with zero attached hydrogens (tertiary/aromatic N) is 1. The maximum atomic E-state index is 14.0. The van der Waals surface area contributed by atoms with Gasteiger partial charge in [0.15, 0.2) is 0 Å². The molecule has 138 valence electrons. The number of rotatable bonds is 1. The third kappa shape index (κ3) is 1.38. The molecule has 1 saturated heterocycles. The third-order valence-corrected chi connectivity index (χ3v) is 7.38. The Morgan fingerprint density at radius 2 is 1.18 bits per heavy atom. The SMILES string of the molecule is CC(C)N1C(=O)C23c4ccccc4C=CC2C2C=Cc4ccccc4C23C1=O. The van der Waals surface area contributed by atoms with Crippen molar-refractivity contribution >= 4 is 24.0 Å². The van der Waals surface area contributed by atoms with E-state index in [2.05, 4.69) is 48.6 Å². The molecule has 2 amide bonds. The number of allylic oxidation sites excluding steroid dienone is 2. The van der Waals surface area contributed by atoms with E-state index in [1.165, 1.54) is 0 Å². The largest absolute Gasteiger partial charge is 0.278 e. The lowest BCUT2D eigenvalue weighted by atomic mass is 9.33. The van der Waals surface area contributed by atoms with Gasteiger partial charge in [0.25, 0.3) is 0 Å². The second-order valence-corrected chi connectivity index (χ2v) is 8.63. The molecule has 2 aromatic rings. The van der Waals surface area contributed by atoms with Crippen molar-refractivity contribution in [2.24, 2.45) is 11.8 Å². The first-order chi connectivity index (χ1) is 13.6. The van der Waals surface area contributed by atoms with Gasteiger partial charge in [0, 0.05) is 17.9 Å². The molecule has 1 aliphatic heterocycles. The van der Waals surface area contributed by atoms with Crippen molar-refractivity contribution in [3.8, 4) is 0 Å². The van der Waals surface area contributed by atoms with Crippen molar-refractivity contribution in [1.82, 2.24) is 4.90 Å². The van der Waals surface area contributed by atoms with Gasteiger partial charge in [0.05, 0.1) is 0 Å². The Hall–Kier alpha value is -2.94. The van der Waals surface area contributed by atoms with Crippen LogP contribution < -0.4 is 0 Å². The molecule has 6 rings (SSSR count). The van der Waals surface area contributed by atoms with Gasteiger partial charge in [0.2, 0.25) is 11.8 Å². The fraction of sp³-hybridized carbons (Fsp3) is 0.280. The lowest BCUT2D eigenvalue weighted by molar-refractivity contribution is -0.142. The number of carbonyl (C=O) groups is 2. The molecule has 0 N–H and O–H groups in total. The van der Waals surface area contributed by atoms with Crippen LogP contribution in [0.1, 0.15) is 36.1 Å². The van der Waals surface area contributed by atoms with Crippen LogP contribution in [0.2, 0.25) is 0 Å². The van der Waals surface area contributed by atoms with Gasteiger partial charge in [-0.2, -0.15) is 0 Å². The van der Waals surface area contributed by atoms with Crippen LogP contribution in [0.3, 0.4) is 0 Å².